The van der Waals surface area contributed by atoms with Gasteiger partial charge in [0.2, 0.25) is 0 Å². The lowest BCUT2D eigenvalue weighted by Crippen LogP contribution is -2.26. The Hall–Kier alpha value is -2.10. The van der Waals surface area contributed by atoms with E-state index in [1.54, 1.807) is 44.4 Å². The normalized spacial score (nSPS) is 11.5. The van der Waals surface area contributed by atoms with Gasteiger partial charge < -0.3 is 15.0 Å². The summed E-state index contributed by atoms with van der Waals surface area (Å²) in [5, 5.41) is 3.22. The monoisotopic (exact) mass is 501 g/mol. The van der Waals surface area contributed by atoms with Gasteiger partial charge in [-0.3, -0.25) is 4.79 Å². The van der Waals surface area contributed by atoms with Gasteiger partial charge in [-0.1, -0.05) is 17.7 Å². The van der Waals surface area contributed by atoms with E-state index in [4.69, 9.17) is 16.3 Å². The first-order valence-electron chi connectivity index (χ1n) is 8.51. The van der Waals surface area contributed by atoms with Crippen molar-refractivity contribution >= 4 is 49.8 Å². The average molecular weight is 503 g/mol. The largest absolute Gasteiger partial charge is 0.496 e. The maximum Gasteiger partial charge on any atom is 0.284 e. The molecule has 10 heteroatoms. The Morgan fingerprint density at radius 3 is 2.66 bits per heavy atom. The van der Waals surface area contributed by atoms with Gasteiger partial charge in [0.25, 0.3) is 15.9 Å². The fourth-order valence-electron chi connectivity index (χ4n) is 2.39. The van der Waals surface area contributed by atoms with Crippen LogP contribution in [0.3, 0.4) is 0 Å². The predicted octanol–water partition coefficient (Wildman–Crippen LogP) is 3.36. The molecular formula is C19H21BrClN3O4S. The molecule has 156 valence electrons. The van der Waals surface area contributed by atoms with Gasteiger partial charge >= 0.3 is 0 Å². The van der Waals surface area contributed by atoms with Crippen molar-refractivity contribution in [3.8, 4) is 5.75 Å². The van der Waals surface area contributed by atoms with Crippen LogP contribution in [0.15, 0.2) is 50.2 Å². The predicted molar refractivity (Wildman–Crippen MR) is 118 cm³/mol. The molecule has 0 unspecified atom stereocenters. The Kier molecular flexibility index (Phi) is 8.06. The molecule has 0 aliphatic carbocycles. The number of carbonyl (C=O) groups is 1. The number of hydrogen-bond donors (Lipinski definition) is 1. The van der Waals surface area contributed by atoms with E-state index in [0.717, 1.165) is 5.56 Å². The van der Waals surface area contributed by atoms with Crippen molar-refractivity contribution in [2.45, 2.75) is 11.3 Å². The third-order valence-electron chi connectivity index (χ3n) is 3.80. The van der Waals surface area contributed by atoms with Gasteiger partial charge in [0.05, 0.1) is 12.7 Å². The van der Waals surface area contributed by atoms with Gasteiger partial charge in [0.1, 0.15) is 17.0 Å². The van der Waals surface area contributed by atoms with E-state index in [1.807, 2.05) is 0 Å². The Labute approximate surface area is 183 Å². The van der Waals surface area contributed by atoms with Crippen LogP contribution < -0.4 is 10.1 Å². The van der Waals surface area contributed by atoms with Crippen molar-refractivity contribution in [2.75, 3.05) is 27.7 Å². The van der Waals surface area contributed by atoms with Crippen LogP contribution in [0, 0.1) is 0 Å². The van der Waals surface area contributed by atoms with Crippen molar-refractivity contribution in [3.63, 3.8) is 0 Å². The highest BCUT2D eigenvalue weighted by Gasteiger charge is 2.17. The van der Waals surface area contributed by atoms with Crippen LogP contribution in [-0.4, -0.2) is 53.3 Å². The summed E-state index contributed by atoms with van der Waals surface area (Å²) < 4.78 is 34.1. The number of hydrogen-bond acceptors (Lipinski definition) is 4. The molecule has 0 aliphatic heterocycles. The first-order chi connectivity index (χ1) is 13.6. The van der Waals surface area contributed by atoms with Gasteiger partial charge in [-0.15, -0.1) is 4.40 Å². The summed E-state index contributed by atoms with van der Waals surface area (Å²) in [6.07, 6.45) is 1.66. The van der Waals surface area contributed by atoms with Gasteiger partial charge in [0.15, 0.2) is 0 Å². The summed E-state index contributed by atoms with van der Waals surface area (Å²) in [7, 11) is 0.996. The van der Waals surface area contributed by atoms with Crippen molar-refractivity contribution in [1.29, 1.82) is 0 Å². The zero-order chi connectivity index (χ0) is 21.6. The molecule has 0 aromatic heterocycles. The quantitative estimate of drug-likeness (QED) is 0.442. The third-order valence-corrected chi connectivity index (χ3v) is 6.25. The summed E-state index contributed by atoms with van der Waals surface area (Å²) in [6, 6.07) is 9.76. The van der Waals surface area contributed by atoms with Crippen molar-refractivity contribution in [3.05, 3.63) is 57.0 Å². The lowest BCUT2D eigenvalue weighted by molar-refractivity contribution is 0.0951. The standard InChI is InChI=1S/C19H21BrClN3O4S/c1-24(2)12-23-29(26,27)18-10-13(4-6-16(18)20)8-9-22-19(25)15-11-14(21)5-7-17(15)28-3/h4-7,10-12H,8-9H2,1-3H3,(H,22,25)/b23-12-. The molecule has 0 atom stereocenters. The number of benzene rings is 2. The van der Waals surface area contributed by atoms with E-state index in [-0.39, 0.29) is 10.8 Å². The number of amides is 1. The molecule has 0 bridgehead atoms. The number of sulfonamides is 1. The summed E-state index contributed by atoms with van der Waals surface area (Å²) in [6.45, 7) is 0.302. The first kappa shape index (κ1) is 23.2. The van der Waals surface area contributed by atoms with Gasteiger partial charge in [-0.2, -0.15) is 8.42 Å². The molecule has 2 rings (SSSR count). The maximum atomic E-state index is 12.4. The highest BCUT2D eigenvalue weighted by atomic mass is 79.9. The zero-order valence-electron chi connectivity index (χ0n) is 16.1. The number of nitrogens with one attached hydrogen (secondary N) is 1. The topological polar surface area (TPSA) is 88.1 Å². The number of methoxy groups -OCH3 is 1. The van der Waals surface area contributed by atoms with Crippen LogP contribution in [0.5, 0.6) is 5.75 Å². The van der Waals surface area contributed by atoms with E-state index in [9.17, 15) is 13.2 Å². The second kappa shape index (κ2) is 10.1. The molecular weight excluding hydrogens is 482 g/mol. The molecule has 0 spiro atoms. The van der Waals surface area contributed by atoms with Crippen molar-refractivity contribution in [1.82, 2.24) is 10.2 Å². The molecule has 29 heavy (non-hydrogen) atoms. The Bertz CT molecular complexity index is 1030. The molecule has 0 aliphatic rings. The molecule has 2 aromatic carbocycles. The number of nitrogens with zero attached hydrogens (tertiary/aromatic N) is 2. The highest BCUT2D eigenvalue weighted by Crippen LogP contribution is 2.25. The van der Waals surface area contributed by atoms with Crippen molar-refractivity contribution < 1.29 is 17.9 Å². The second-order valence-electron chi connectivity index (χ2n) is 6.27. The van der Waals surface area contributed by atoms with E-state index < -0.39 is 10.0 Å². The molecule has 7 nitrogen and oxygen atoms in total. The molecule has 1 N–H and O–H groups in total. The van der Waals surface area contributed by atoms with Gasteiger partial charge in [-0.05, 0) is 58.2 Å². The van der Waals surface area contributed by atoms with E-state index in [0.29, 0.717) is 33.8 Å². The average Bonchev–Trinajstić information content (AvgIpc) is 2.67. The minimum atomic E-state index is -3.84. The Balaban J connectivity index is 2.11. The number of carbonyl (C=O) groups excluding carboxylic acids is 1. The third kappa shape index (κ3) is 6.45. The summed E-state index contributed by atoms with van der Waals surface area (Å²) in [5.74, 6) is 0.0903. The summed E-state index contributed by atoms with van der Waals surface area (Å²) in [4.78, 5) is 14.0. The number of ether oxygens (including phenoxy) is 1. The minimum absolute atomic E-state index is 0.0657. The zero-order valence-corrected chi connectivity index (χ0v) is 19.3. The Morgan fingerprint density at radius 1 is 1.28 bits per heavy atom. The maximum absolute atomic E-state index is 12.4. The SMILES string of the molecule is COc1ccc(Cl)cc1C(=O)NCCc1ccc(Br)c(S(=O)(=O)/N=C\N(C)C)c1. The van der Waals surface area contributed by atoms with Gasteiger partial charge in [-0.25, -0.2) is 0 Å². The van der Waals surface area contributed by atoms with Crippen LogP contribution in [0.2, 0.25) is 5.02 Å². The van der Waals surface area contributed by atoms with E-state index in [1.165, 1.54) is 24.4 Å². The first-order valence-corrected chi connectivity index (χ1v) is 11.1. The molecule has 0 saturated carbocycles. The molecule has 0 saturated heterocycles. The lowest BCUT2D eigenvalue weighted by Gasteiger charge is -2.11. The van der Waals surface area contributed by atoms with E-state index >= 15 is 0 Å². The molecule has 0 radical (unpaired) electrons. The smallest absolute Gasteiger partial charge is 0.284 e. The summed E-state index contributed by atoms with van der Waals surface area (Å²) >= 11 is 9.21. The minimum Gasteiger partial charge on any atom is -0.496 e. The van der Waals surface area contributed by atoms with Crippen LogP contribution in [0.25, 0.3) is 0 Å². The van der Waals surface area contributed by atoms with Crippen LogP contribution in [0.4, 0.5) is 0 Å². The van der Waals surface area contributed by atoms with Gasteiger partial charge in [0, 0.05) is 30.1 Å². The second-order valence-corrected chi connectivity index (χ2v) is 9.17. The molecule has 0 heterocycles. The van der Waals surface area contributed by atoms with Crippen LogP contribution >= 0.6 is 27.5 Å². The fraction of sp³-hybridized carbons (Fsp3) is 0.263. The molecule has 1 amide bonds. The van der Waals surface area contributed by atoms with E-state index in [2.05, 4.69) is 25.6 Å². The Morgan fingerprint density at radius 2 is 2.00 bits per heavy atom. The number of rotatable bonds is 8. The molecule has 2 aromatic rings. The van der Waals surface area contributed by atoms with Crippen LogP contribution in [0.1, 0.15) is 15.9 Å². The highest BCUT2D eigenvalue weighted by molar-refractivity contribution is 9.10. The molecule has 0 fully saturated rings. The lowest BCUT2D eigenvalue weighted by atomic mass is 10.1. The van der Waals surface area contributed by atoms with Crippen molar-refractivity contribution in [2.24, 2.45) is 4.40 Å². The number of halogens is 2. The fourth-order valence-corrected chi connectivity index (χ4v) is 4.46. The summed E-state index contributed by atoms with van der Waals surface area (Å²) in [5.41, 5.74) is 1.07. The van der Waals surface area contributed by atoms with Crippen LogP contribution in [-0.2, 0) is 16.4 Å².